The van der Waals surface area contributed by atoms with Crippen molar-refractivity contribution in [1.29, 1.82) is 0 Å². The Morgan fingerprint density at radius 3 is 2.61 bits per heavy atom. The van der Waals surface area contributed by atoms with E-state index in [2.05, 4.69) is 15.2 Å². The molecule has 1 aromatic carbocycles. The quantitative estimate of drug-likeness (QED) is 0.335. The lowest BCUT2D eigenvalue weighted by molar-refractivity contribution is -0.136. The van der Waals surface area contributed by atoms with Crippen LogP contribution in [-0.2, 0) is 9.53 Å². The van der Waals surface area contributed by atoms with Gasteiger partial charge in [-0.2, -0.15) is 10.2 Å². The van der Waals surface area contributed by atoms with Gasteiger partial charge in [-0.25, -0.2) is 19.3 Å². The van der Waals surface area contributed by atoms with Gasteiger partial charge >= 0.3 is 5.97 Å². The molecule has 178 valence electrons. The second-order valence-electron chi connectivity index (χ2n) is 8.06. The lowest BCUT2D eigenvalue weighted by atomic mass is 10.1. The van der Waals surface area contributed by atoms with E-state index in [-0.39, 0.29) is 5.56 Å². The number of fused-ring (bicyclic) bond motifs is 1. The van der Waals surface area contributed by atoms with Crippen molar-refractivity contribution in [3.63, 3.8) is 0 Å². The van der Waals surface area contributed by atoms with Gasteiger partial charge < -0.3 is 13.6 Å². The number of aromatic nitrogens is 3. The maximum absolute atomic E-state index is 13.1. The van der Waals surface area contributed by atoms with Crippen molar-refractivity contribution in [2.45, 2.75) is 12.5 Å². The first-order valence-electron chi connectivity index (χ1n) is 11.2. The third-order valence-electron chi connectivity index (χ3n) is 5.86. The van der Waals surface area contributed by atoms with E-state index >= 15 is 0 Å². The van der Waals surface area contributed by atoms with Crippen LogP contribution in [0.4, 0.5) is 0 Å². The molecular weight excluding hydrogens is 462 g/mol. The number of nitrogens with zero attached hydrogens (tertiary/aromatic N) is 5. The van der Waals surface area contributed by atoms with Crippen LogP contribution in [0.25, 0.3) is 16.9 Å². The third kappa shape index (κ3) is 3.84. The Labute approximate surface area is 204 Å². The highest BCUT2D eigenvalue weighted by Gasteiger charge is 2.36. The van der Waals surface area contributed by atoms with Gasteiger partial charge in [0.2, 0.25) is 0 Å². The molecule has 0 saturated heterocycles. The summed E-state index contributed by atoms with van der Waals surface area (Å²) in [7, 11) is 0. The zero-order chi connectivity index (χ0) is 24.5. The Morgan fingerprint density at radius 2 is 1.83 bits per heavy atom. The Hall–Kier alpha value is -4.99. The SMILES string of the molecule is O=C(OCC(=O)N1N=C(c2ccco2)CC1c1ccco1)c1cnn2c(-c3ccccc3)ccnc12. The first kappa shape index (κ1) is 21.5. The summed E-state index contributed by atoms with van der Waals surface area (Å²) < 4.78 is 17.9. The van der Waals surface area contributed by atoms with E-state index in [1.807, 2.05) is 36.4 Å². The van der Waals surface area contributed by atoms with E-state index < -0.39 is 24.5 Å². The third-order valence-corrected chi connectivity index (χ3v) is 5.86. The van der Waals surface area contributed by atoms with Crippen molar-refractivity contribution in [1.82, 2.24) is 19.6 Å². The molecule has 0 fully saturated rings. The number of hydrazone groups is 1. The van der Waals surface area contributed by atoms with Crippen LogP contribution < -0.4 is 0 Å². The molecule has 1 aliphatic heterocycles. The Kier molecular flexibility index (Phi) is 5.38. The average Bonchev–Trinajstić information content (AvgIpc) is 3.72. The van der Waals surface area contributed by atoms with Gasteiger partial charge in [0.15, 0.2) is 12.3 Å². The summed E-state index contributed by atoms with van der Waals surface area (Å²) in [6, 6.07) is 18.0. The van der Waals surface area contributed by atoms with Crippen LogP contribution in [0, 0.1) is 0 Å². The predicted molar refractivity (Wildman–Crippen MR) is 127 cm³/mol. The second kappa shape index (κ2) is 8.99. The molecule has 5 aromatic rings. The number of carbonyl (C=O) groups excluding carboxylic acids is 2. The van der Waals surface area contributed by atoms with E-state index in [0.717, 1.165) is 11.3 Å². The zero-order valence-electron chi connectivity index (χ0n) is 18.9. The number of rotatable bonds is 6. The van der Waals surface area contributed by atoms with Gasteiger partial charge in [-0.1, -0.05) is 30.3 Å². The molecule has 0 N–H and O–H groups in total. The standard InChI is InChI=1S/C26H19N5O5/c32-24(30-21(23-9-5-13-35-23)14-19(29-30)22-8-4-12-34-22)16-36-26(33)18-15-28-31-20(10-11-27-25(18)31)17-6-2-1-3-7-17/h1-13,15,21H,14,16H2. The van der Waals surface area contributed by atoms with Gasteiger partial charge in [-0.05, 0) is 30.3 Å². The van der Waals surface area contributed by atoms with Crippen molar-refractivity contribution in [3.05, 3.63) is 103 Å². The number of ether oxygens (including phenoxy) is 1. The van der Waals surface area contributed by atoms with Gasteiger partial charge in [-0.3, -0.25) is 4.79 Å². The van der Waals surface area contributed by atoms with Crippen LogP contribution >= 0.6 is 0 Å². The molecule has 0 saturated carbocycles. The molecular formula is C26H19N5O5. The number of hydrogen-bond acceptors (Lipinski definition) is 8. The number of hydrogen-bond donors (Lipinski definition) is 0. The maximum atomic E-state index is 13.1. The second-order valence-corrected chi connectivity index (χ2v) is 8.06. The van der Waals surface area contributed by atoms with Crippen molar-refractivity contribution in [3.8, 4) is 11.3 Å². The molecule has 0 spiro atoms. The summed E-state index contributed by atoms with van der Waals surface area (Å²) in [4.78, 5) is 30.3. The molecule has 10 nitrogen and oxygen atoms in total. The number of furan rings is 2. The van der Waals surface area contributed by atoms with Crippen LogP contribution in [-0.4, -0.2) is 43.8 Å². The predicted octanol–water partition coefficient (Wildman–Crippen LogP) is 4.12. The van der Waals surface area contributed by atoms with Crippen LogP contribution in [0.3, 0.4) is 0 Å². The lowest BCUT2D eigenvalue weighted by Gasteiger charge is -2.19. The number of amides is 1. The van der Waals surface area contributed by atoms with E-state index in [1.54, 1.807) is 41.2 Å². The topological polar surface area (TPSA) is 115 Å². The first-order valence-corrected chi connectivity index (χ1v) is 11.2. The lowest BCUT2D eigenvalue weighted by Crippen LogP contribution is -2.31. The molecule has 6 rings (SSSR count). The molecule has 4 aromatic heterocycles. The molecule has 36 heavy (non-hydrogen) atoms. The van der Waals surface area contributed by atoms with Crippen molar-refractivity contribution < 1.29 is 23.2 Å². The molecule has 1 aliphatic rings. The fraction of sp³-hybridized carbons (Fsp3) is 0.115. The van der Waals surface area contributed by atoms with Gasteiger partial charge in [0.1, 0.15) is 28.8 Å². The zero-order valence-corrected chi connectivity index (χ0v) is 18.9. The summed E-state index contributed by atoms with van der Waals surface area (Å²) in [5, 5.41) is 10.0. The van der Waals surface area contributed by atoms with Crippen LogP contribution in [0.15, 0.2) is 99.5 Å². The summed E-state index contributed by atoms with van der Waals surface area (Å²) in [6.07, 6.45) is 6.46. The molecule has 1 amide bonds. The molecule has 1 unspecified atom stereocenters. The number of benzene rings is 1. The van der Waals surface area contributed by atoms with Gasteiger partial charge in [0.25, 0.3) is 5.91 Å². The largest absolute Gasteiger partial charge is 0.467 e. The van der Waals surface area contributed by atoms with Crippen molar-refractivity contribution in [2.24, 2.45) is 5.10 Å². The minimum Gasteiger partial charge on any atom is -0.467 e. The molecule has 10 heteroatoms. The van der Waals surface area contributed by atoms with E-state index in [1.165, 1.54) is 17.5 Å². The molecule has 1 atom stereocenters. The summed E-state index contributed by atoms with van der Waals surface area (Å²) in [6.45, 7) is -0.513. The smallest absolute Gasteiger partial charge is 0.344 e. The Balaban J connectivity index is 1.21. The normalized spacial score (nSPS) is 15.3. The highest BCUT2D eigenvalue weighted by Crippen LogP contribution is 2.33. The van der Waals surface area contributed by atoms with Gasteiger partial charge in [0.05, 0.1) is 24.4 Å². The molecule has 0 bridgehead atoms. The summed E-state index contributed by atoms with van der Waals surface area (Å²) in [5.74, 6) is -0.0773. The van der Waals surface area contributed by atoms with E-state index in [0.29, 0.717) is 29.3 Å². The highest BCUT2D eigenvalue weighted by atomic mass is 16.5. The Bertz CT molecular complexity index is 1560. The van der Waals surface area contributed by atoms with Crippen LogP contribution in [0.1, 0.15) is 34.3 Å². The highest BCUT2D eigenvalue weighted by molar-refractivity contribution is 6.01. The first-order chi connectivity index (χ1) is 17.7. The average molecular weight is 481 g/mol. The monoisotopic (exact) mass is 481 g/mol. The van der Waals surface area contributed by atoms with Crippen LogP contribution in [0.2, 0.25) is 0 Å². The molecule has 5 heterocycles. The fourth-order valence-corrected chi connectivity index (χ4v) is 4.17. The van der Waals surface area contributed by atoms with Crippen molar-refractivity contribution >= 4 is 23.2 Å². The summed E-state index contributed by atoms with van der Waals surface area (Å²) >= 11 is 0. The van der Waals surface area contributed by atoms with Gasteiger partial charge in [0, 0.05) is 18.2 Å². The number of esters is 1. The Morgan fingerprint density at radius 1 is 1.00 bits per heavy atom. The van der Waals surface area contributed by atoms with E-state index in [4.69, 9.17) is 13.6 Å². The fourth-order valence-electron chi connectivity index (χ4n) is 4.17. The number of carbonyl (C=O) groups is 2. The van der Waals surface area contributed by atoms with Crippen LogP contribution in [0.5, 0.6) is 0 Å². The van der Waals surface area contributed by atoms with E-state index in [9.17, 15) is 9.59 Å². The van der Waals surface area contributed by atoms with Gasteiger partial charge in [-0.15, -0.1) is 0 Å². The minimum atomic E-state index is -0.708. The maximum Gasteiger partial charge on any atom is 0.344 e. The molecule has 0 aliphatic carbocycles. The minimum absolute atomic E-state index is 0.157. The molecule has 0 radical (unpaired) electrons. The van der Waals surface area contributed by atoms with Crippen molar-refractivity contribution in [2.75, 3.05) is 6.61 Å². The summed E-state index contributed by atoms with van der Waals surface area (Å²) in [5.41, 5.74) is 2.78.